The molecule has 168 valence electrons. The summed E-state index contributed by atoms with van der Waals surface area (Å²) in [5.74, 6) is 0.666. The molecule has 0 N–H and O–H groups in total. The van der Waals surface area contributed by atoms with E-state index < -0.39 is 20.4 Å². The van der Waals surface area contributed by atoms with Gasteiger partial charge in [-0.2, -0.15) is 0 Å². The first-order valence-corrected chi connectivity index (χ1v) is 19.7. The number of allylic oxidation sites excluding steroid dienone is 5. The largest absolute Gasteiger partial charge is 1.00 e. The summed E-state index contributed by atoms with van der Waals surface area (Å²) in [7, 11) is 0. The molecule has 0 amide bonds. The summed E-state index contributed by atoms with van der Waals surface area (Å²) >= 11 is -1.95. The third kappa shape index (κ3) is 4.76. The fourth-order valence-corrected chi connectivity index (χ4v) is 29.2. The van der Waals surface area contributed by atoms with Crippen LogP contribution in [0.2, 0.25) is 12.1 Å². The van der Waals surface area contributed by atoms with Crippen LogP contribution in [0.25, 0.3) is 5.57 Å². The van der Waals surface area contributed by atoms with E-state index in [9.17, 15) is 0 Å². The number of halogens is 2. The fraction of sp³-hybridized carbons (Fsp3) is 0.357. The Labute approximate surface area is 215 Å². The van der Waals surface area contributed by atoms with Gasteiger partial charge in [0, 0.05) is 0 Å². The minimum Gasteiger partial charge on any atom is -1.00 e. The monoisotopic (exact) mass is 558 g/mol. The van der Waals surface area contributed by atoms with E-state index in [1.807, 2.05) is 3.28 Å². The predicted octanol–water partition coefficient (Wildman–Crippen LogP) is 2.09. The maximum absolute atomic E-state index is 2.71. The molecule has 32 heavy (non-hydrogen) atoms. The zero-order chi connectivity index (χ0) is 21.4. The van der Waals surface area contributed by atoms with Gasteiger partial charge in [-0.15, -0.1) is 0 Å². The quantitative estimate of drug-likeness (QED) is 0.492. The summed E-state index contributed by atoms with van der Waals surface area (Å²) in [6.07, 6.45) is 2.71. The van der Waals surface area contributed by atoms with Crippen molar-refractivity contribution in [1.29, 1.82) is 0 Å². The number of hydrogen-bond donors (Lipinski definition) is 0. The van der Waals surface area contributed by atoms with Crippen LogP contribution in [0.4, 0.5) is 0 Å². The van der Waals surface area contributed by atoms with Crippen LogP contribution < -0.4 is 24.8 Å². The standard InChI is InChI=1S/C15H11.C9H13.C4H10Si.2ClH.Zr/c1-2-6-12(7-3-1)15-11-10-13-8-4-5-9-14(13)15;1-6-5-7(2)9(4)8(6)3;1-3-5-4-2;;;/h1-11H;6H,1-4H3;3-4H2,1-2H3;2*1H;/q;;;;;+2/p-2. The molecule has 2 unspecified atom stereocenters. The molecule has 0 radical (unpaired) electrons. The van der Waals surface area contributed by atoms with Crippen molar-refractivity contribution in [3.05, 3.63) is 97.4 Å². The minimum absolute atomic E-state index is 0. The molecule has 0 bridgehead atoms. The van der Waals surface area contributed by atoms with Gasteiger partial charge in [-0.1, -0.05) is 0 Å². The molecule has 0 nitrogen and oxygen atoms in total. The van der Waals surface area contributed by atoms with Crippen molar-refractivity contribution >= 4 is 11.0 Å². The Morgan fingerprint density at radius 2 is 1.41 bits per heavy atom. The first-order valence-electron chi connectivity index (χ1n) is 11.5. The third-order valence-electron chi connectivity index (χ3n) is 7.48. The Kier molecular flexibility index (Phi) is 10.0. The van der Waals surface area contributed by atoms with Gasteiger partial charge in [0.2, 0.25) is 0 Å². The van der Waals surface area contributed by atoms with Crippen LogP contribution in [0.3, 0.4) is 0 Å². The van der Waals surface area contributed by atoms with E-state index in [0.717, 1.165) is 0 Å². The van der Waals surface area contributed by atoms with Crippen LogP contribution in [0.5, 0.6) is 0 Å². The second-order valence-electron chi connectivity index (χ2n) is 8.80. The van der Waals surface area contributed by atoms with Gasteiger partial charge in [-0.25, -0.2) is 0 Å². The molecule has 2 aromatic carbocycles. The zero-order valence-electron chi connectivity index (χ0n) is 20.1. The summed E-state index contributed by atoms with van der Waals surface area (Å²) in [4.78, 5) is 0. The van der Waals surface area contributed by atoms with Crippen molar-refractivity contribution in [2.45, 2.75) is 57.3 Å². The van der Waals surface area contributed by atoms with Crippen LogP contribution in [-0.4, -0.2) is 5.43 Å². The van der Waals surface area contributed by atoms with Crippen LogP contribution in [0.15, 0.2) is 80.7 Å². The second kappa shape index (κ2) is 11.7. The molecule has 0 fully saturated rings. The Morgan fingerprint density at radius 3 is 1.97 bits per heavy atom. The van der Waals surface area contributed by atoms with E-state index in [0.29, 0.717) is 9.54 Å². The molecule has 0 aromatic heterocycles. The molecule has 2 aromatic rings. The first kappa shape index (κ1) is 27.6. The van der Waals surface area contributed by atoms with Crippen LogP contribution >= 0.6 is 0 Å². The van der Waals surface area contributed by atoms with Crippen molar-refractivity contribution in [2.75, 3.05) is 0 Å². The number of rotatable bonds is 5. The molecule has 2 aliphatic rings. The number of hydrogen-bond acceptors (Lipinski definition) is 0. The molecule has 0 heterocycles. The molecule has 2 atom stereocenters. The third-order valence-corrected chi connectivity index (χ3v) is 30.3. The Balaban J connectivity index is 0.00000181. The van der Waals surface area contributed by atoms with Crippen molar-refractivity contribution in [1.82, 2.24) is 0 Å². The fourth-order valence-electron chi connectivity index (χ4n) is 5.48. The van der Waals surface area contributed by atoms with Gasteiger partial charge in [0.1, 0.15) is 0 Å². The van der Waals surface area contributed by atoms with Gasteiger partial charge in [-0.05, 0) is 0 Å². The molecule has 2 aliphatic carbocycles. The molecule has 0 spiro atoms. The maximum Gasteiger partial charge on any atom is -1.00 e. The molecule has 4 rings (SSSR count). The van der Waals surface area contributed by atoms with Gasteiger partial charge < -0.3 is 24.8 Å². The summed E-state index contributed by atoms with van der Waals surface area (Å²) in [5, 5.41) is 0. The van der Waals surface area contributed by atoms with Crippen molar-refractivity contribution < 1.29 is 45.2 Å². The zero-order valence-corrected chi connectivity index (χ0v) is 25.1. The topological polar surface area (TPSA) is 0 Å². The average molecular weight is 561 g/mol. The van der Waals surface area contributed by atoms with Gasteiger partial charge in [-0.3, -0.25) is 0 Å². The van der Waals surface area contributed by atoms with Crippen molar-refractivity contribution in [2.24, 2.45) is 5.92 Å². The van der Waals surface area contributed by atoms with E-state index >= 15 is 0 Å². The smallest absolute Gasteiger partial charge is 1.00 e. The molecule has 4 heteroatoms. The molecular formula is C28H34Cl2SiZr. The summed E-state index contributed by atoms with van der Waals surface area (Å²) in [5.41, 5.74) is 10.5. The van der Waals surface area contributed by atoms with Gasteiger partial charge in [0.25, 0.3) is 0 Å². The normalized spacial score (nSPS) is 19.0. The molecule has 0 saturated heterocycles. The van der Waals surface area contributed by atoms with E-state index in [1.165, 1.54) is 28.8 Å². The predicted molar refractivity (Wildman–Crippen MR) is 130 cm³/mol. The van der Waals surface area contributed by atoms with Crippen molar-refractivity contribution in [3.8, 4) is 0 Å². The molecule has 0 aliphatic heterocycles. The van der Waals surface area contributed by atoms with E-state index in [4.69, 9.17) is 0 Å². The minimum atomic E-state index is -1.95. The van der Waals surface area contributed by atoms with Crippen molar-refractivity contribution in [3.63, 3.8) is 0 Å². The molecule has 0 saturated carbocycles. The van der Waals surface area contributed by atoms with Crippen LogP contribution in [0.1, 0.15) is 61.9 Å². The van der Waals surface area contributed by atoms with Gasteiger partial charge >= 0.3 is 192 Å². The molecular weight excluding hydrogens is 527 g/mol. The summed E-state index contributed by atoms with van der Waals surface area (Å²) < 4.78 is 2.63. The SMILES string of the molecule is CC[Si](CC)=[Zr+2]([C]1=C(C)C(C)=C(C)C1C)[CH]1C=C(c2ccccc2)c2ccccc21.[Cl-].[Cl-]. The summed E-state index contributed by atoms with van der Waals surface area (Å²) in [6.45, 7) is 14.6. The van der Waals surface area contributed by atoms with E-state index in [2.05, 4.69) is 102 Å². The Hall–Kier alpha value is -0.660. The number of benzene rings is 2. The first-order chi connectivity index (χ1) is 14.5. The number of fused-ring (bicyclic) bond motifs is 1. The van der Waals surface area contributed by atoms with E-state index in [1.54, 1.807) is 22.3 Å². The van der Waals surface area contributed by atoms with Crippen LogP contribution in [-0.2, 0) is 20.4 Å². The van der Waals surface area contributed by atoms with E-state index in [-0.39, 0.29) is 30.2 Å². The van der Waals surface area contributed by atoms with Crippen LogP contribution in [0, 0.1) is 5.92 Å². The Bertz CT molecular complexity index is 1100. The summed E-state index contributed by atoms with van der Waals surface area (Å²) in [6, 6.07) is 23.2. The second-order valence-corrected chi connectivity index (χ2v) is 24.7. The average Bonchev–Trinajstić information content (AvgIpc) is 3.25. The Morgan fingerprint density at radius 1 is 0.812 bits per heavy atom. The maximum atomic E-state index is 2.71. The van der Waals surface area contributed by atoms with Gasteiger partial charge in [0.05, 0.1) is 0 Å². The van der Waals surface area contributed by atoms with Gasteiger partial charge in [0.15, 0.2) is 0 Å².